The summed E-state index contributed by atoms with van der Waals surface area (Å²) in [5.41, 5.74) is -1.52. The molecule has 0 bridgehead atoms. The van der Waals surface area contributed by atoms with Crippen molar-refractivity contribution in [3.8, 4) is 5.88 Å². The predicted molar refractivity (Wildman–Crippen MR) is 117 cm³/mol. The van der Waals surface area contributed by atoms with Gasteiger partial charge in [-0.25, -0.2) is 9.98 Å². The van der Waals surface area contributed by atoms with E-state index in [1.54, 1.807) is 31.0 Å². The van der Waals surface area contributed by atoms with Crippen LogP contribution in [-0.4, -0.2) is 52.1 Å². The third-order valence-electron chi connectivity index (χ3n) is 3.93. The highest BCUT2D eigenvalue weighted by Crippen LogP contribution is 2.34. The summed E-state index contributed by atoms with van der Waals surface area (Å²) < 4.78 is 45.6. The van der Waals surface area contributed by atoms with Gasteiger partial charge >= 0.3 is 6.18 Å². The number of aliphatic hydroxyl groups is 1. The van der Waals surface area contributed by atoms with Crippen LogP contribution in [0.25, 0.3) is 0 Å². The molecule has 2 heterocycles. The van der Waals surface area contributed by atoms with Crippen molar-refractivity contribution in [1.29, 1.82) is 0 Å². The standard InChI is InChI=1S/C18H25F3N6O2.HI/c1-4-22-16(25-12-17(2,28)13-10-26-27(3)11-13)24-8-9-29-15-14(18(19,20)21)6-5-7-23-15;/h5-7,10-11,28H,4,8-9,12H2,1-3H3,(H2,22,24,25);1H. The number of aliphatic imine (C=N–C) groups is 1. The van der Waals surface area contributed by atoms with Crippen LogP contribution in [0.4, 0.5) is 13.2 Å². The van der Waals surface area contributed by atoms with Crippen LogP contribution >= 0.6 is 24.0 Å². The summed E-state index contributed by atoms with van der Waals surface area (Å²) in [5.74, 6) is -0.0689. The van der Waals surface area contributed by atoms with Gasteiger partial charge < -0.3 is 20.5 Å². The summed E-state index contributed by atoms with van der Waals surface area (Å²) in [5, 5.41) is 20.6. The van der Waals surface area contributed by atoms with Crippen molar-refractivity contribution in [2.75, 3.05) is 26.2 Å². The van der Waals surface area contributed by atoms with E-state index in [-0.39, 0.29) is 43.7 Å². The monoisotopic (exact) mass is 542 g/mol. The lowest BCUT2D eigenvalue weighted by molar-refractivity contribution is -0.139. The highest BCUT2D eigenvalue weighted by Gasteiger charge is 2.35. The van der Waals surface area contributed by atoms with Gasteiger partial charge in [-0.05, 0) is 26.0 Å². The number of nitrogens with one attached hydrogen (secondary N) is 2. The van der Waals surface area contributed by atoms with Gasteiger partial charge in [0.2, 0.25) is 5.88 Å². The number of pyridine rings is 1. The molecule has 0 amide bonds. The molecule has 0 aromatic carbocycles. The summed E-state index contributed by atoms with van der Waals surface area (Å²) in [7, 11) is 1.75. The van der Waals surface area contributed by atoms with Gasteiger partial charge in [0.1, 0.15) is 17.8 Å². The number of alkyl halides is 3. The molecule has 30 heavy (non-hydrogen) atoms. The number of aromatic nitrogens is 3. The fourth-order valence-electron chi connectivity index (χ4n) is 2.40. The van der Waals surface area contributed by atoms with Gasteiger partial charge in [-0.1, -0.05) is 0 Å². The highest BCUT2D eigenvalue weighted by molar-refractivity contribution is 14.0. The molecule has 0 saturated heterocycles. The number of nitrogens with zero attached hydrogens (tertiary/aromatic N) is 4. The van der Waals surface area contributed by atoms with Gasteiger partial charge in [-0.2, -0.15) is 18.3 Å². The molecule has 1 unspecified atom stereocenters. The van der Waals surface area contributed by atoms with E-state index in [9.17, 15) is 18.3 Å². The van der Waals surface area contributed by atoms with Crippen LogP contribution in [0.2, 0.25) is 0 Å². The summed E-state index contributed by atoms with van der Waals surface area (Å²) in [6, 6.07) is 2.12. The Labute approximate surface area is 190 Å². The van der Waals surface area contributed by atoms with E-state index in [2.05, 4.69) is 25.7 Å². The zero-order chi connectivity index (χ0) is 21.5. The number of hydrogen-bond donors (Lipinski definition) is 3. The summed E-state index contributed by atoms with van der Waals surface area (Å²) in [6.07, 6.45) is -0.0288. The van der Waals surface area contributed by atoms with E-state index in [4.69, 9.17) is 4.74 Å². The highest BCUT2D eigenvalue weighted by atomic mass is 127. The van der Waals surface area contributed by atoms with Crippen molar-refractivity contribution in [3.63, 3.8) is 0 Å². The smallest absolute Gasteiger partial charge is 0.421 e. The largest absolute Gasteiger partial charge is 0.475 e. The molecule has 0 aliphatic rings. The van der Waals surface area contributed by atoms with Gasteiger partial charge in [0, 0.05) is 31.5 Å². The third kappa shape index (κ3) is 7.63. The van der Waals surface area contributed by atoms with Crippen LogP contribution in [0.3, 0.4) is 0 Å². The first-order chi connectivity index (χ1) is 13.6. The zero-order valence-electron chi connectivity index (χ0n) is 16.9. The lowest BCUT2D eigenvalue weighted by Crippen LogP contribution is -2.40. The number of guanidine groups is 1. The Balaban J connectivity index is 0.00000450. The molecule has 0 aliphatic heterocycles. The minimum Gasteiger partial charge on any atom is -0.475 e. The number of hydrogen-bond acceptors (Lipinski definition) is 5. The van der Waals surface area contributed by atoms with Gasteiger partial charge in [0.05, 0.1) is 19.3 Å². The number of aryl methyl sites for hydroxylation is 1. The Kier molecular flexibility index (Phi) is 9.81. The first kappa shape index (κ1) is 25.9. The maximum absolute atomic E-state index is 12.9. The minimum absolute atomic E-state index is 0. The lowest BCUT2D eigenvalue weighted by Gasteiger charge is -2.20. The van der Waals surface area contributed by atoms with Gasteiger partial charge in [0.25, 0.3) is 0 Å². The fourth-order valence-corrected chi connectivity index (χ4v) is 2.40. The molecule has 3 N–H and O–H groups in total. The molecule has 168 valence electrons. The van der Waals surface area contributed by atoms with Crippen LogP contribution in [0.5, 0.6) is 5.88 Å². The minimum atomic E-state index is -4.54. The molecule has 12 heteroatoms. The van der Waals surface area contributed by atoms with Crippen molar-refractivity contribution >= 4 is 29.9 Å². The first-order valence-corrected chi connectivity index (χ1v) is 9.02. The number of rotatable bonds is 8. The molecular formula is C18H26F3IN6O2. The molecule has 0 radical (unpaired) electrons. The number of ether oxygens (including phenoxy) is 1. The Bertz CT molecular complexity index is 826. The van der Waals surface area contributed by atoms with Crippen molar-refractivity contribution < 1.29 is 23.0 Å². The summed E-state index contributed by atoms with van der Waals surface area (Å²) in [4.78, 5) is 7.97. The van der Waals surface area contributed by atoms with E-state index >= 15 is 0 Å². The van der Waals surface area contributed by atoms with Crippen LogP contribution in [0.15, 0.2) is 35.7 Å². The second-order valence-corrected chi connectivity index (χ2v) is 6.50. The van der Waals surface area contributed by atoms with Crippen LogP contribution in [0.1, 0.15) is 25.0 Å². The van der Waals surface area contributed by atoms with Crippen LogP contribution in [0, 0.1) is 0 Å². The molecule has 0 aliphatic carbocycles. The fraction of sp³-hybridized carbons (Fsp3) is 0.500. The van der Waals surface area contributed by atoms with E-state index in [0.717, 1.165) is 6.07 Å². The maximum Gasteiger partial charge on any atom is 0.421 e. The molecule has 0 spiro atoms. The Morgan fingerprint density at radius 1 is 1.33 bits per heavy atom. The Morgan fingerprint density at radius 3 is 2.67 bits per heavy atom. The molecule has 2 rings (SSSR count). The lowest BCUT2D eigenvalue weighted by atomic mass is 10.0. The normalized spacial score (nSPS) is 13.9. The second-order valence-electron chi connectivity index (χ2n) is 6.50. The van der Waals surface area contributed by atoms with Gasteiger partial charge in [-0.15, -0.1) is 24.0 Å². The molecular weight excluding hydrogens is 516 g/mol. The molecule has 0 saturated carbocycles. The molecule has 1 atom stereocenters. The van der Waals surface area contributed by atoms with E-state index in [0.29, 0.717) is 18.1 Å². The van der Waals surface area contributed by atoms with Crippen LogP contribution < -0.4 is 15.4 Å². The average molecular weight is 542 g/mol. The topological polar surface area (TPSA) is 96.6 Å². The summed E-state index contributed by atoms with van der Waals surface area (Å²) in [6.45, 7) is 4.27. The second kappa shape index (κ2) is 11.3. The Hall–Kier alpha value is -2.09. The van der Waals surface area contributed by atoms with E-state index in [1.807, 2.05) is 6.92 Å². The molecule has 8 nitrogen and oxygen atoms in total. The molecule has 2 aromatic rings. The molecule has 2 aromatic heterocycles. The number of halogens is 4. The first-order valence-electron chi connectivity index (χ1n) is 9.02. The van der Waals surface area contributed by atoms with Crippen molar-refractivity contribution in [1.82, 2.24) is 25.4 Å². The summed E-state index contributed by atoms with van der Waals surface area (Å²) >= 11 is 0. The SMILES string of the molecule is CCNC(=NCC(C)(O)c1cnn(C)c1)NCCOc1ncccc1C(F)(F)F.I. The van der Waals surface area contributed by atoms with Gasteiger partial charge in [0.15, 0.2) is 5.96 Å². The van der Waals surface area contributed by atoms with Gasteiger partial charge in [-0.3, -0.25) is 4.68 Å². The Morgan fingerprint density at radius 2 is 2.07 bits per heavy atom. The maximum atomic E-state index is 12.9. The van der Waals surface area contributed by atoms with E-state index < -0.39 is 23.2 Å². The van der Waals surface area contributed by atoms with Crippen molar-refractivity contribution in [2.24, 2.45) is 12.0 Å². The average Bonchev–Trinajstić information content (AvgIpc) is 3.10. The van der Waals surface area contributed by atoms with Crippen LogP contribution in [-0.2, 0) is 18.8 Å². The van der Waals surface area contributed by atoms with E-state index in [1.165, 1.54) is 12.3 Å². The van der Waals surface area contributed by atoms with Crippen molar-refractivity contribution in [3.05, 3.63) is 41.9 Å². The zero-order valence-corrected chi connectivity index (χ0v) is 19.2. The quantitative estimate of drug-likeness (QED) is 0.205. The predicted octanol–water partition coefficient (Wildman–Crippen LogP) is 2.29. The van der Waals surface area contributed by atoms with Crippen molar-refractivity contribution in [2.45, 2.75) is 25.6 Å². The molecule has 0 fully saturated rings. The third-order valence-corrected chi connectivity index (χ3v) is 3.93.